The van der Waals surface area contributed by atoms with Crippen molar-refractivity contribution in [3.8, 4) is 0 Å². The minimum atomic E-state index is 0.642. The van der Waals surface area contributed by atoms with E-state index in [0.717, 1.165) is 32.7 Å². The lowest BCUT2D eigenvalue weighted by Crippen LogP contribution is -2.00. The van der Waals surface area contributed by atoms with Gasteiger partial charge < -0.3 is 9.73 Å². The van der Waals surface area contributed by atoms with Crippen molar-refractivity contribution < 1.29 is 4.42 Å². The van der Waals surface area contributed by atoms with E-state index in [1.54, 1.807) is 0 Å². The Labute approximate surface area is 119 Å². The first-order valence-electron chi connectivity index (χ1n) is 6.06. The van der Waals surface area contributed by atoms with Crippen molar-refractivity contribution in [3.05, 3.63) is 58.5 Å². The highest BCUT2D eigenvalue weighted by molar-refractivity contribution is 9.10. The number of halogens is 1. The SMILES string of the molecule is Cc1ccc(CNc2ccc3cc(Br)ccc3n2)o1. The van der Waals surface area contributed by atoms with Gasteiger partial charge >= 0.3 is 0 Å². The molecule has 0 bridgehead atoms. The highest BCUT2D eigenvalue weighted by Crippen LogP contribution is 2.20. The van der Waals surface area contributed by atoms with Gasteiger partial charge in [0.1, 0.15) is 17.3 Å². The van der Waals surface area contributed by atoms with Gasteiger partial charge in [-0.3, -0.25) is 0 Å². The molecule has 0 fully saturated rings. The summed E-state index contributed by atoms with van der Waals surface area (Å²) in [6, 6.07) is 14.0. The van der Waals surface area contributed by atoms with E-state index >= 15 is 0 Å². The van der Waals surface area contributed by atoms with Crippen molar-refractivity contribution in [2.45, 2.75) is 13.5 Å². The zero-order chi connectivity index (χ0) is 13.2. The Balaban J connectivity index is 1.79. The van der Waals surface area contributed by atoms with Crippen LogP contribution in [0.4, 0.5) is 5.82 Å². The number of furan rings is 1. The molecule has 0 amide bonds. The summed E-state index contributed by atoms with van der Waals surface area (Å²) in [5.74, 6) is 2.69. The van der Waals surface area contributed by atoms with Gasteiger partial charge in [0.15, 0.2) is 0 Å². The predicted octanol–water partition coefficient (Wildman–Crippen LogP) is 4.51. The van der Waals surface area contributed by atoms with Gasteiger partial charge in [-0.15, -0.1) is 0 Å². The maximum atomic E-state index is 5.51. The molecule has 2 heterocycles. The number of pyridine rings is 1. The van der Waals surface area contributed by atoms with Crippen molar-refractivity contribution in [2.75, 3.05) is 5.32 Å². The summed E-state index contributed by atoms with van der Waals surface area (Å²) < 4.78 is 6.58. The molecule has 0 aliphatic heterocycles. The largest absolute Gasteiger partial charge is 0.465 e. The van der Waals surface area contributed by atoms with Crippen LogP contribution in [0.3, 0.4) is 0 Å². The van der Waals surface area contributed by atoms with Crippen molar-refractivity contribution in [1.82, 2.24) is 4.98 Å². The number of hydrogen-bond donors (Lipinski definition) is 1. The molecule has 96 valence electrons. The summed E-state index contributed by atoms with van der Waals surface area (Å²) in [4.78, 5) is 4.56. The quantitative estimate of drug-likeness (QED) is 0.772. The smallest absolute Gasteiger partial charge is 0.127 e. The lowest BCUT2D eigenvalue weighted by Gasteiger charge is -2.05. The first-order valence-corrected chi connectivity index (χ1v) is 6.85. The third kappa shape index (κ3) is 2.79. The van der Waals surface area contributed by atoms with Crippen LogP contribution in [-0.2, 0) is 6.54 Å². The molecule has 0 atom stereocenters. The third-order valence-electron chi connectivity index (χ3n) is 2.89. The Morgan fingerprint density at radius 2 is 2.05 bits per heavy atom. The second kappa shape index (κ2) is 5.05. The lowest BCUT2D eigenvalue weighted by molar-refractivity contribution is 0.490. The molecular formula is C15H13BrN2O. The van der Waals surface area contributed by atoms with Crippen LogP contribution in [0.15, 0.2) is 51.4 Å². The van der Waals surface area contributed by atoms with Gasteiger partial charge in [0.2, 0.25) is 0 Å². The van der Waals surface area contributed by atoms with Crippen LogP contribution < -0.4 is 5.32 Å². The van der Waals surface area contributed by atoms with E-state index in [2.05, 4.69) is 38.4 Å². The van der Waals surface area contributed by atoms with Crippen molar-refractivity contribution in [1.29, 1.82) is 0 Å². The molecule has 3 aromatic rings. The number of fused-ring (bicyclic) bond motifs is 1. The van der Waals surface area contributed by atoms with E-state index in [9.17, 15) is 0 Å². The fourth-order valence-corrected chi connectivity index (χ4v) is 2.33. The fraction of sp³-hybridized carbons (Fsp3) is 0.133. The molecule has 0 aliphatic rings. The highest BCUT2D eigenvalue weighted by atomic mass is 79.9. The number of nitrogens with one attached hydrogen (secondary N) is 1. The van der Waals surface area contributed by atoms with Gasteiger partial charge in [-0.2, -0.15) is 0 Å². The summed E-state index contributed by atoms with van der Waals surface area (Å²) >= 11 is 3.46. The van der Waals surface area contributed by atoms with Gasteiger partial charge in [0, 0.05) is 9.86 Å². The molecule has 0 radical (unpaired) electrons. The Kier molecular flexibility index (Phi) is 3.25. The number of aromatic nitrogens is 1. The average Bonchev–Trinajstić information content (AvgIpc) is 2.82. The molecule has 3 nitrogen and oxygen atoms in total. The van der Waals surface area contributed by atoms with E-state index in [1.165, 1.54) is 0 Å². The zero-order valence-corrected chi connectivity index (χ0v) is 12.1. The normalized spacial score (nSPS) is 10.8. The van der Waals surface area contributed by atoms with Gasteiger partial charge in [-0.25, -0.2) is 4.98 Å². The molecule has 0 unspecified atom stereocenters. The summed E-state index contributed by atoms with van der Waals surface area (Å²) in [5, 5.41) is 4.38. The Bertz CT molecular complexity index is 721. The van der Waals surface area contributed by atoms with Gasteiger partial charge in [0.05, 0.1) is 12.1 Å². The molecule has 0 saturated heterocycles. The van der Waals surface area contributed by atoms with Crippen molar-refractivity contribution in [3.63, 3.8) is 0 Å². The molecule has 0 aliphatic carbocycles. The van der Waals surface area contributed by atoms with Crippen LogP contribution in [0.1, 0.15) is 11.5 Å². The molecule has 1 aromatic carbocycles. The predicted molar refractivity (Wildman–Crippen MR) is 80.2 cm³/mol. The first kappa shape index (κ1) is 12.2. The van der Waals surface area contributed by atoms with Gasteiger partial charge in [-0.05, 0) is 49.4 Å². The molecule has 0 spiro atoms. The summed E-state index contributed by atoms with van der Waals surface area (Å²) in [6.45, 7) is 2.58. The van der Waals surface area contributed by atoms with E-state index < -0.39 is 0 Å². The maximum absolute atomic E-state index is 5.51. The molecule has 1 N–H and O–H groups in total. The maximum Gasteiger partial charge on any atom is 0.127 e. The fourth-order valence-electron chi connectivity index (χ4n) is 1.95. The standard InChI is InChI=1S/C15H13BrN2O/c1-10-2-5-13(19-10)9-17-15-7-3-11-8-12(16)4-6-14(11)18-15/h2-8H,9H2,1H3,(H,17,18). The molecule has 3 rings (SSSR count). The highest BCUT2D eigenvalue weighted by Gasteiger charge is 2.01. The van der Waals surface area contributed by atoms with Crippen LogP contribution in [-0.4, -0.2) is 4.98 Å². The summed E-state index contributed by atoms with van der Waals surface area (Å²) in [5.41, 5.74) is 0.976. The monoisotopic (exact) mass is 316 g/mol. The van der Waals surface area contributed by atoms with Crippen molar-refractivity contribution >= 4 is 32.7 Å². The topological polar surface area (TPSA) is 38.1 Å². The third-order valence-corrected chi connectivity index (χ3v) is 3.38. The molecule has 2 aromatic heterocycles. The van der Waals surface area contributed by atoms with Crippen LogP contribution in [0, 0.1) is 6.92 Å². The second-order valence-corrected chi connectivity index (χ2v) is 5.32. The summed E-state index contributed by atoms with van der Waals surface area (Å²) in [6.07, 6.45) is 0. The minimum absolute atomic E-state index is 0.642. The van der Waals surface area contributed by atoms with Gasteiger partial charge in [-0.1, -0.05) is 15.9 Å². The molecule has 4 heteroatoms. The second-order valence-electron chi connectivity index (χ2n) is 4.40. The number of benzene rings is 1. The van der Waals surface area contributed by atoms with Crippen LogP contribution in [0.5, 0.6) is 0 Å². The number of hydrogen-bond acceptors (Lipinski definition) is 3. The van der Waals surface area contributed by atoms with E-state index in [-0.39, 0.29) is 0 Å². The molecular weight excluding hydrogens is 304 g/mol. The average molecular weight is 317 g/mol. The first-order chi connectivity index (χ1) is 9.20. The van der Waals surface area contributed by atoms with Crippen molar-refractivity contribution in [2.24, 2.45) is 0 Å². The van der Waals surface area contributed by atoms with Crippen LogP contribution in [0.25, 0.3) is 10.9 Å². The lowest BCUT2D eigenvalue weighted by atomic mass is 10.2. The summed E-state index contributed by atoms with van der Waals surface area (Å²) in [7, 11) is 0. The van der Waals surface area contributed by atoms with Crippen LogP contribution >= 0.6 is 15.9 Å². The van der Waals surface area contributed by atoms with Crippen LogP contribution in [0.2, 0.25) is 0 Å². The Morgan fingerprint density at radius 3 is 2.84 bits per heavy atom. The molecule has 0 saturated carbocycles. The number of nitrogens with zero attached hydrogens (tertiary/aromatic N) is 1. The van der Waals surface area contributed by atoms with E-state index in [4.69, 9.17) is 4.42 Å². The number of aryl methyl sites for hydroxylation is 1. The van der Waals surface area contributed by atoms with E-state index in [1.807, 2.05) is 37.3 Å². The van der Waals surface area contributed by atoms with E-state index in [0.29, 0.717) is 6.54 Å². The number of rotatable bonds is 3. The minimum Gasteiger partial charge on any atom is -0.465 e. The Hall–Kier alpha value is -1.81. The van der Waals surface area contributed by atoms with Gasteiger partial charge in [0.25, 0.3) is 0 Å². The Morgan fingerprint density at radius 1 is 1.16 bits per heavy atom. The molecule has 19 heavy (non-hydrogen) atoms. The number of anilines is 1. The zero-order valence-electron chi connectivity index (χ0n) is 10.5.